The van der Waals surface area contributed by atoms with Crippen molar-refractivity contribution >= 4 is 52.0 Å². The Morgan fingerprint density at radius 2 is 1.53 bits per heavy atom. The van der Waals surface area contributed by atoms with Crippen molar-refractivity contribution in [3.05, 3.63) is 94.0 Å². The number of para-hydroxylation sites is 2. The number of hydrogen-bond acceptors (Lipinski definition) is 4. The van der Waals surface area contributed by atoms with E-state index >= 15 is 0 Å². The molecular formula is C23H18Cl2N2O2S. The Kier molecular flexibility index (Phi) is 6.62. The first kappa shape index (κ1) is 20.8. The maximum absolute atomic E-state index is 12.3. The summed E-state index contributed by atoms with van der Waals surface area (Å²) in [6.07, 6.45) is 0. The van der Waals surface area contributed by atoms with E-state index in [0.717, 1.165) is 27.3 Å². The molecule has 0 fully saturated rings. The maximum Gasteiger partial charge on any atom is 0.316 e. The number of fused-ring (bicyclic) bond motifs is 1. The number of ether oxygens (including phenoxy) is 1. The van der Waals surface area contributed by atoms with Gasteiger partial charge in [-0.2, -0.15) is 0 Å². The second-order valence-corrected chi connectivity index (χ2v) is 8.49. The number of halogens is 2. The van der Waals surface area contributed by atoms with Crippen LogP contribution in [0, 0.1) is 0 Å². The van der Waals surface area contributed by atoms with E-state index in [1.807, 2.05) is 60.7 Å². The molecule has 0 saturated heterocycles. The van der Waals surface area contributed by atoms with Crippen LogP contribution in [0.2, 0.25) is 10.0 Å². The quantitative estimate of drug-likeness (QED) is 0.244. The molecule has 0 bridgehead atoms. The van der Waals surface area contributed by atoms with Crippen molar-refractivity contribution in [2.45, 2.75) is 18.3 Å². The van der Waals surface area contributed by atoms with E-state index in [1.54, 1.807) is 12.1 Å². The van der Waals surface area contributed by atoms with Crippen LogP contribution in [0.25, 0.3) is 11.0 Å². The van der Waals surface area contributed by atoms with Gasteiger partial charge >= 0.3 is 5.97 Å². The zero-order valence-corrected chi connectivity index (χ0v) is 18.3. The minimum absolute atomic E-state index is 0.178. The van der Waals surface area contributed by atoms with Crippen molar-refractivity contribution in [3.63, 3.8) is 0 Å². The first-order valence-corrected chi connectivity index (χ1v) is 11.1. The van der Waals surface area contributed by atoms with Gasteiger partial charge in [-0.3, -0.25) is 4.79 Å². The molecule has 4 aromatic rings. The molecule has 4 nitrogen and oxygen atoms in total. The van der Waals surface area contributed by atoms with Gasteiger partial charge in [0.15, 0.2) is 5.16 Å². The van der Waals surface area contributed by atoms with E-state index in [0.29, 0.717) is 16.6 Å². The highest BCUT2D eigenvalue weighted by molar-refractivity contribution is 7.99. The van der Waals surface area contributed by atoms with Gasteiger partial charge < -0.3 is 9.30 Å². The first-order valence-electron chi connectivity index (χ1n) is 9.31. The van der Waals surface area contributed by atoms with Gasteiger partial charge in [-0.05, 0) is 47.5 Å². The van der Waals surface area contributed by atoms with Gasteiger partial charge in [-0.25, -0.2) is 4.98 Å². The molecule has 7 heteroatoms. The van der Waals surface area contributed by atoms with Gasteiger partial charge in [0, 0.05) is 10.0 Å². The third kappa shape index (κ3) is 5.17. The number of aromatic nitrogens is 2. The Bertz CT molecular complexity index is 1160. The van der Waals surface area contributed by atoms with Crippen molar-refractivity contribution in [3.8, 4) is 0 Å². The highest BCUT2D eigenvalue weighted by Crippen LogP contribution is 2.26. The Morgan fingerprint density at radius 1 is 0.900 bits per heavy atom. The Hall–Kier alpha value is -2.47. The first-order chi connectivity index (χ1) is 14.6. The summed E-state index contributed by atoms with van der Waals surface area (Å²) in [6.45, 7) is 0.859. The van der Waals surface area contributed by atoms with Crippen molar-refractivity contribution in [2.75, 3.05) is 5.75 Å². The second-order valence-electron chi connectivity index (χ2n) is 6.67. The van der Waals surface area contributed by atoms with Crippen molar-refractivity contribution in [1.29, 1.82) is 0 Å². The maximum atomic E-state index is 12.3. The number of benzene rings is 3. The van der Waals surface area contributed by atoms with Crippen LogP contribution in [0.1, 0.15) is 11.1 Å². The molecule has 3 aromatic carbocycles. The summed E-state index contributed by atoms with van der Waals surface area (Å²) >= 11 is 13.3. The normalized spacial score (nSPS) is 11.0. The molecule has 0 spiro atoms. The third-order valence-electron chi connectivity index (χ3n) is 4.51. The number of hydrogen-bond donors (Lipinski definition) is 0. The van der Waals surface area contributed by atoms with Crippen LogP contribution in [0.4, 0.5) is 0 Å². The smallest absolute Gasteiger partial charge is 0.316 e. The number of carbonyl (C=O) groups is 1. The van der Waals surface area contributed by atoms with Crippen LogP contribution < -0.4 is 0 Å². The van der Waals surface area contributed by atoms with Crippen molar-refractivity contribution in [2.24, 2.45) is 0 Å². The summed E-state index contributed by atoms with van der Waals surface area (Å²) in [6, 6.07) is 22.9. The summed E-state index contributed by atoms with van der Waals surface area (Å²) in [5, 5.41) is 2.13. The molecule has 4 rings (SSSR count). The average molecular weight is 457 g/mol. The third-order valence-corrected chi connectivity index (χ3v) is 5.96. The number of carbonyl (C=O) groups excluding carboxylic acids is 1. The summed E-state index contributed by atoms with van der Waals surface area (Å²) < 4.78 is 7.49. The predicted molar refractivity (Wildman–Crippen MR) is 122 cm³/mol. The van der Waals surface area contributed by atoms with Gasteiger partial charge in [0.1, 0.15) is 6.61 Å². The van der Waals surface area contributed by atoms with E-state index < -0.39 is 0 Å². The summed E-state index contributed by atoms with van der Waals surface area (Å²) in [4.78, 5) is 17.0. The minimum atomic E-state index is -0.292. The van der Waals surface area contributed by atoms with Crippen LogP contribution in [0.5, 0.6) is 0 Å². The summed E-state index contributed by atoms with van der Waals surface area (Å²) in [5.41, 5.74) is 3.91. The fourth-order valence-electron chi connectivity index (χ4n) is 3.00. The highest BCUT2D eigenvalue weighted by atomic mass is 35.5. The van der Waals surface area contributed by atoms with Gasteiger partial charge in [0.2, 0.25) is 0 Å². The van der Waals surface area contributed by atoms with Crippen LogP contribution in [-0.4, -0.2) is 21.3 Å². The molecule has 0 aliphatic heterocycles. The van der Waals surface area contributed by atoms with Gasteiger partial charge in [-0.15, -0.1) is 0 Å². The van der Waals surface area contributed by atoms with E-state index in [2.05, 4.69) is 4.57 Å². The van der Waals surface area contributed by atoms with Crippen molar-refractivity contribution in [1.82, 2.24) is 9.55 Å². The molecule has 0 unspecified atom stereocenters. The summed E-state index contributed by atoms with van der Waals surface area (Å²) in [5.74, 6) is -0.114. The van der Waals surface area contributed by atoms with Gasteiger partial charge in [-0.1, -0.05) is 71.4 Å². The number of imidazole rings is 1. The Morgan fingerprint density at radius 3 is 2.23 bits per heavy atom. The molecule has 152 valence electrons. The van der Waals surface area contributed by atoms with Crippen LogP contribution >= 0.6 is 35.0 Å². The number of nitrogens with zero attached hydrogens (tertiary/aromatic N) is 2. The molecule has 1 heterocycles. The number of thioether (sulfide) groups is 1. The number of rotatable bonds is 7. The van der Waals surface area contributed by atoms with Crippen LogP contribution in [-0.2, 0) is 22.7 Å². The van der Waals surface area contributed by atoms with Gasteiger partial charge in [0.25, 0.3) is 0 Å². The molecule has 1 aromatic heterocycles. The second kappa shape index (κ2) is 9.56. The monoisotopic (exact) mass is 456 g/mol. The summed E-state index contributed by atoms with van der Waals surface area (Å²) in [7, 11) is 0. The zero-order valence-electron chi connectivity index (χ0n) is 15.9. The van der Waals surface area contributed by atoms with Crippen LogP contribution in [0.15, 0.2) is 78.0 Å². The number of esters is 1. The van der Waals surface area contributed by atoms with E-state index in [1.165, 1.54) is 11.8 Å². The molecular weight excluding hydrogens is 439 g/mol. The fourth-order valence-corrected chi connectivity index (χ4v) is 4.06. The molecule has 0 N–H and O–H groups in total. The highest BCUT2D eigenvalue weighted by Gasteiger charge is 2.14. The largest absolute Gasteiger partial charge is 0.460 e. The lowest BCUT2D eigenvalue weighted by molar-refractivity contribution is -0.141. The van der Waals surface area contributed by atoms with E-state index in [4.69, 9.17) is 32.9 Å². The topological polar surface area (TPSA) is 44.1 Å². The molecule has 30 heavy (non-hydrogen) atoms. The van der Waals surface area contributed by atoms with Crippen LogP contribution in [0.3, 0.4) is 0 Å². The SMILES string of the molecule is O=C(CSc1nc2ccccc2n1Cc1ccc(Cl)cc1)OCc1ccc(Cl)cc1. The Labute approximate surface area is 188 Å². The predicted octanol–water partition coefficient (Wildman–Crippen LogP) is 6.23. The lowest BCUT2D eigenvalue weighted by Gasteiger charge is -2.09. The van der Waals surface area contributed by atoms with E-state index in [-0.39, 0.29) is 18.3 Å². The molecule has 0 aliphatic rings. The van der Waals surface area contributed by atoms with Gasteiger partial charge in [0.05, 0.1) is 23.3 Å². The Balaban J connectivity index is 1.45. The zero-order chi connectivity index (χ0) is 20.9. The standard InChI is InChI=1S/C23H18Cl2N2O2S/c24-18-9-5-16(6-10-18)13-27-21-4-2-1-3-20(21)26-23(27)30-15-22(28)29-14-17-7-11-19(25)12-8-17/h1-12H,13-15H2. The molecule has 0 atom stereocenters. The lowest BCUT2D eigenvalue weighted by atomic mass is 10.2. The van der Waals surface area contributed by atoms with Crippen molar-refractivity contribution < 1.29 is 9.53 Å². The lowest BCUT2D eigenvalue weighted by Crippen LogP contribution is -2.09. The molecule has 0 amide bonds. The molecule has 0 aliphatic carbocycles. The average Bonchev–Trinajstić information content (AvgIpc) is 3.11. The minimum Gasteiger partial charge on any atom is -0.460 e. The molecule has 0 saturated carbocycles. The fraction of sp³-hybridized carbons (Fsp3) is 0.130. The molecule has 0 radical (unpaired) electrons. The van der Waals surface area contributed by atoms with E-state index in [9.17, 15) is 4.79 Å².